The van der Waals surface area contributed by atoms with Gasteiger partial charge in [0.25, 0.3) is 0 Å². The molecule has 1 fully saturated rings. The maximum absolute atomic E-state index is 13.1. The smallest absolute Gasteiger partial charge is 0.220 e. The van der Waals surface area contributed by atoms with Crippen LogP contribution in [0.2, 0.25) is 0 Å². The fraction of sp³-hybridized carbons (Fsp3) is 0.671. The summed E-state index contributed by atoms with van der Waals surface area (Å²) in [4.78, 5) is 13.1. The largest absolute Gasteiger partial charge is 0.394 e. The Morgan fingerprint density at radius 1 is 0.412 bits per heavy atom. The summed E-state index contributed by atoms with van der Waals surface area (Å²) in [5.41, 5.74) is 0. The number of unbranched alkanes of at least 4 members (excludes halogenated alkanes) is 26. The van der Waals surface area contributed by atoms with Gasteiger partial charge in [-0.25, -0.2) is 0 Å². The summed E-state index contributed by atoms with van der Waals surface area (Å²) in [5.74, 6) is -0.212. The molecule has 0 aliphatic carbocycles. The van der Waals surface area contributed by atoms with Gasteiger partial charge in [-0.15, -0.1) is 0 Å². The zero-order chi connectivity index (χ0) is 61.4. The molecule has 85 heavy (non-hydrogen) atoms. The van der Waals surface area contributed by atoms with Gasteiger partial charge in [-0.05, 0) is 103 Å². The van der Waals surface area contributed by atoms with Gasteiger partial charge in [0.1, 0.15) is 24.4 Å². The lowest BCUT2D eigenvalue weighted by Crippen LogP contribution is -2.60. The third kappa shape index (κ3) is 51.8. The lowest BCUT2D eigenvalue weighted by atomic mass is 9.99. The van der Waals surface area contributed by atoms with Crippen molar-refractivity contribution < 1.29 is 39.8 Å². The number of carbonyl (C=O) groups is 1. The van der Waals surface area contributed by atoms with Crippen LogP contribution in [0.3, 0.4) is 0 Å². The van der Waals surface area contributed by atoms with Crippen molar-refractivity contribution in [1.29, 1.82) is 0 Å². The molecule has 484 valence electrons. The summed E-state index contributed by atoms with van der Waals surface area (Å²) >= 11 is 0. The van der Waals surface area contributed by atoms with E-state index in [-0.39, 0.29) is 12.5 Å². The average molecular weight is 1180 g/mol. The minimum absolute atomic E-state index is 0.210. The number of aliphatic hydroxyl groups excluding tert-OH is 5. The highest BCUT2D eigenvalue weighted by Crippen LogP contribution is 2.23. The Balaban J connectivity index is 2.22. The SMILES string of the molecule is CC/C=C\C/C=C\C/C=C\C/C=C\C/C=C\C/C=C\C/C=C\C/C=C\C/C=C\C/C=C\C/C=C\CCCCCC(=O)NC(COC1OC(CO)C(O)C(O)C1O)C(O)/C=C/CCCCCCCCCCCCCCCCCCCCCCCCC. The highest BCUT2D eigenvalue weighted by atomic mass is 16.7. The van der Waals surface area contributed by atoms with E-state index < -0.39 is 49.5 Å². The highest BCUT2D eigenvalue weighted by Gasteiger charge is 2.44. The molecule has 1 saturated heterocycles. The minimum Gasteiger partial charge on any atom is -0.394 e. The van der Waals surface area contributed by atoms with Crippen LogP contribution in [0, 0.1) is 0 Å². The minimum atomic E-state index is -1.58. The van der Waals surface area contributed by atoms with Gasteiger partial charge in [-0.2, -0.15) is 0 Å². The molecule has 1 aliphatic heterocycles. The van der Waals surface area contributed by atoms with Crippen LogP contribution >= 0.6 is 0 Å². The number of hydrogen-bond donors (Lipinski definition) is 6. The van der Waals surface area contributed by atoms with Crippen molar-refractivity contribution in [2.75, 3.05) is 13.2 Å². The molecular formula is C76H127NO8. The fourth-order valence-corrected chi connectivity index (χ4v) is 10.0. The van der Waals surface area contributed by atoms with E-state index in [0.717, 1.165) is 109 Å². The van der Waals surface area contributed by atoms with Crippen molar-refractivity contribution in [2.24, 2.45) is 0 Å². The summed E-state index contributed by atoms with van der Waals surface area (Å²) < 4.78 is 11.3. The van der Waals surface area contributed by atoms with Gasteiger partial charge < -0.3 is 40.3 Å². The van der Waals surface area contributed by atoms with Crippen LogP contribution in [0.4, 0.5) is 0 Å². The number of aliphatic hydroxyl groups is 5. The first-order valence-corrected chi connectivity index (χ1v) is 34.6. The van der Waals surface area contributed by atoms with Crippen LogP contribution in [0.5, 0.6) is 0 Å². The standard InChI is InChI=1S/C76H127NO8/c1-3-5-7-9-11-13-15-17-19-21-23-25-27-29-30-31-32-33-34-35-36-37-38-39-40-42-44-46-48-50-52-54-56-58-60-62-64-66-72(80)77-69(68-84-76-75(83)74(82)73(81)71(67-78)85-76)70(79)65-63-61-59-57-55-53-51-49-47-45-43-41-28-26-24-22-20-18-16-14-12-10-8-6-4-2/h5,7,11,13,17,19,23,25,29-30,32-33,35-36,38-39,42,44,48,50,54,56,63,65,69-71,73-76,78-79,81-83H,3-4,6,8-10,12,14-16,18,20-22,24,26-28,31,34,37,40-41,43,45-47,49,51-53,55,57-62,64,66-68H2,1-2H3,(H,77,80)/b7-5-,13-11-,19-17-,25-23-,30-29-,33-32-,36-35-,39-38-,44-42-,50-48-,56-54-,65-63+. The van der Waals surface area contributed by atoms with Gasteiger partial charge in [-0.3, -0.25) is 4.79 Å². The van der Waals surface area contributed by atoms with Crippen LogP contribution in [0.25, 0.3) is 0 Å². The van der Waals surface area contributed by atoms with Gasteiger partial charge in [-0.1, -0.05) is 307 Å². The first kappa shape index (κ1) is 79.1. The van der Waals surface area contributed by atoms with Gasteiger partial charge >= 0.3 is 0 Å². The number of amides is 1. The molecular weight excluding hydrogens is 1050 g/mol. The molecule has 1 amide bonds. The molecule has 7 atom stereocenters. The Morgan fingerprint density at radius 2 is 0.729 bits per heavy atom. The molecule has 6 N–H and O–H groups in total. The van der Waals surface area contributed by atoms with E-state index in [9.17, 15) is 30.3 Å². The Hall–Kier alpha value is -3.93. The summed E-state index contributed by atoms with van der Waals surface area (Å²) in [5, 5.41) is 54.7. The van der Waals surface area contributed by atoms with Crippen molar-refractivity contribution in [3.63, 3.8) is 0 Å². The van der Waals surface area contributed by atoms with Crippen molar-refractivity contribution >= 4 is 5.91 Å². The van der Waals surface area contributed by atoms with Gasteiger partial charge in [0, 0.05) is 6.42 Å². The molecule has 0 aromatic heterocycles. The van der Waals surface area contributed by atoms with E-state index in [1.165, 1.54) is 135 Å². The number of rotatable bonds is 58. The summed E-state index contributed by atoms with van der Waals surface area (Å²) in [6, 6.07) is -0.836. The van der Waals surface area contributed by atoms with Crippen molar-refractivity contribution in [2.45, 2.75) is 314 Å². The molecule has 1 rings (SSSR count). The lowest BCUT2D eigenvalue weighted by molar-refractivity contribution is -0.302. The predicted octanol–water partition coefficient (Wildman–Crippen LogP) is 19.0. The lowest BCUT2D eigenvalue weighted by Gasteiger charge is -2.40. The number of carbonyl (C=O) groups excluding carboxylic acids is 1. The second kappa shape index (κ2) is 63.1. The average Bonchev–Trinajstić information content (AvgIpc) is 3.57. The Kier molecular flexibility index (Phi) is 58.7. The van der Waals surface area contributed by atoms with Crippen molar-refractivity contribution in [3.8, 4) is 0 Å². The number of hydrogen-bond acceptors (Lipinski definition) is 8. The fourth-order valence-electron chi connectivity index (χ4n) is 10.0. The molecule has 9 heteroatoms. The third-order valence-electron chi connectivity index (χ3n) is 15.4. The molecule has 0 radical (unpaired) electrons. The van der Waals surface area contributed by atoms with Crippen LogP contribution in [-0.2, 0) is 14.3 Å². The third-order valence-corrected chi connectivity index (χ3v) is 15.4. The van der Waals surface area contributed by atoms with E-state index in [1.54, 1.807) is 6.08 Å². The monoisotopic (exact) mass is 1180 g/mol. The zero-order valence-electron chi connectivity index (χ0n) is 54.1. The highest BCUT2D eigenvalue weighted by molar-refractivity contribution is 5.76. The van der Waals surface area contributed by atoms with E-state index >= 15 is 0 Å². The Bertz CT molecular complexity index is 1850. The van der Waals surface area contributed by atoms with Crippen LogP contribution in [0.15, 0.2) is 146 Å². The zero-order valence-corrected chi connectivity index (χ0v) is 54.1. The molecule has 0 spiro atoms. The van der Waals surface area contributed by atoms with Crippen LogP contribution in [0.1, 0.15) is 271 Å². The molecule has 9 nitrogen and oxygen atoms in total. The van der Waals surface area contributed by atoms with Gasteiger partial charge in [0.05, 0.1) is 25.4 Å². The van der Waals surface area contributed by atoms with E-state index in [2.05, 4.69) is 153 Å². The van der Waals surface area contributed by atoms with E-state index in [0.29, 0.717) is 12.8 Å². The molecule has 0 aromatic rings. The first-order chi connectivity index (χ1) is 41.8. The Morgan fingerprint density at radius 3 is 1.08 bits per heavy atom. The second-order valence-corrected chi connectivity index (χ2v) is 23.2. The molecule has 1 heterocycles. The number of nitrogens with one attached hydrogen (secondary N) is 1. The molecule has 0 bridgehead atoms. The molecule has 0 aromatic carbocycles. The molecule has 0 saturated carbocycles. The van der Waals surface area contributed by atoms with Gasteiger partial charge in [0.2, 0.25) is 5.91 Å². The second-order valence-electron chi connectivity index (χ2n) is 23.2. The quantitative estimate of drug-likeness (QED) is 0.0261. The maximum atomic E-state index is 13.1. The summed E-state index contributed by atoms with van der Waals surface area (Å²) in [7, 11) is 0. The van der Waals surface area contributed by atoms with Crippen molar-refractivity contribution in [3.05, 3.63) is 146 Å². The normalized spacial score (nSPS) is 19.1. The van der Waals surface area contributed by atoms with Gasteiger partial charge in [0.15, 0.2) is 6.29 Å². The van der Waals surface area contributed by atoms with Crippen molar-refractivity contribution in [1.82, 2.24) is 5.32 Å². The van der Waals surface area contributed by atoms with Crippen LogP contribution < -0.4 is 5.32 Å². The van der Waals surface area contributed by atoms with E-state index in [4.69, 9.17) is 9.47 Å². The maximum Gasteiger partial charge on any atom is 0.220 e. The summed E-state index contributed by atoms with van der Waals surface area (Å²) in [6.07, 6.45) is 90.8. The Labute approximate surface area is 521 Å². The molecule has 7 unspecified atom stereocenters. The van der Waals surface area contributed by atoms with E-state index in [1.807, 2.05) is 6.08 Å². The summed E-state index contributed by atoms with van der Waals surface area (Å²) in [6.45, 7) is 3.66. The van der Waals surface area contributed by atoms with Crippen LogP contribution in [-0.4, -0.2) is 87.5 Å². The number of ether oxygens (including phenoxy) is 2. The number of allylic oxidation sites excluding steroid dienone is 23. The predicted molar refractivity (Wildman–Crippen MR) is 363 cm³/mol. The molecule has 1 aliphatic rings. The first-order valence-electron chi connectivity index (χ1n) is 34.6. The topological polar surface area (TPSA) is 149 Å².